The fourth-order valence-corrected chi connectivity index (χ4v) is 3.98. The number of amides is 1. The minimum Gasteiger partial charge on any atom is -0.449 e. The monoisotopic (exact) mass is 413 g/mol. The predicted octanol–water partition coefficient (Wildman–Crippen LogP) is 3.53. The summed E-state index contributed by atoms with van der Waals surface area (Å²) in [7, 11) is -2.36. The number of sulfonamides is 1. The lowest BCUT2D eigenvalue weighted by molar-refractivity contribution is -0.116. The van der Waals surface area contributed by atoms with E-state index in [2.05, 4.69) is 10.3 Å². The van der Waals surface area contributed by atoms with Gasteiger partial charge in [-0.05, 0) is 49.2 Å². The van der Waals surface area contributed by atoms with Crippen LogP contribution in [0.4, 0.5) is 5.69 Å². The number of hydrogen-bond donors (Lipinski definition) is 1. The third-order valence-corrected chi connectivity index (χ3v) is 6.44. The topological polar surface area (TPSA) is 92.5 Å². The van der Waals surface area contributed by atoms with Gasteiger partial charge in [0.2, 0.25) is 15.9 Å². The average Bonchev–Trinajstić information content (AvgIpc) is 3.10. The summed E-state index contributed by atoms with van der Waals surface area (Å²) in [5.41, 5.74) is 4.02. The Labute approximate surface area is 170 Å². The second kappa shape index (κ2) is 8.18. The first-order valence-corrected chi connectivity index (χ1v) is 10.5. The van der Waals surface area contributed by atoms with E-state index in [0.717, 1.165) is 21.0 Å². The van der Waals surface area contributed by atoms with E-state index in [-0.39, 0.29) is 11.4 Å². The highest BCUT2D eigenvalue weighted by Gasteiger charge is 2.23. The molecule has 0 atom stereocenters. The molecule has 1 amide bonds. The Balaban J connectivity index is 1.65. The highest BCUT2D eigenvalue weighted by Crippen LogP contribution is 2.21. The Kier molecular flexibility index (Phi) is 5.86. The summed E-state index contributed by atoms with van der Waals surface area (Å²) >= 11 is 0. The molecule has 0 saturated heterocycles. The van der Waals surface area contributed by atoms with Gasteiger partial charge >= 0.3 is 0 Å². The molecule has 3 aromatic rings. The molecular weight excluding hydrogens is 390 g/mol. The maximum atomic E-state index is 12.7. The number of nitrogens with one attached hydrogen (secondary N) is 1. The van der Waals surface area contributed by atoms with E-state index in [1.54, 1.807) is 43.5 Å². The van der Waals surface area contributed by atoms with Crippen LogP contribution in [0, 0.1) is 20.8 Å². The van der Waals surface area contributed by atoms with Gasteiger partial charge in [-0.15, -0.1) is 0 Å². The molecule has 152 valence electrons. The average molecular weight is 413 g/mol. The molecule has 1 heterocycles. The summed E-state index contributed by atoms with van der Waals surface area (Å²) in [4.78, 5) is 16.8. The number of benzene rings is 2. The lowest BCUT2D eigenvalue weighted by Gasteiger charge is -2.17. The fourth-order valence-electron chi connectivity index (χ4n) is 2.76. The second-order valence-corrected chi connectivity index (χ2v) is 8.93. The minimum absolute atomic E-state index is 0.170. The molecule has 3 rings (SSSR count). The van der Waals surface area contributed by atoms with E-state index in [1.807, 2.05) is 26.0 Å². The van der Waals surface area contributed by atoms with Gasteiger partial charge in [-0.1, -0.05) is 18.2 Å². The van der Waals surface area contributed by atoms with Gasteiger partial charge in [0.05, 0.1) is 11.4 Å². The van der Waals surface area contributed by atoms with Crippen LogP contribution in [0.1, 0.15) is 17.0 Å². The molecule has 0 aliphatic rings. The van der Waals surface area contributed by atoms with E-state index in [1.165, 1.54) is 7.05 Å². The van der Waals surface area contributed by atoms with Gasteiger partial charge < -0.3 is 9.73 Å². The van der Waals surface area contributed by atoms with Crippen LogP contribution in [0.5, 0.6) is 0 Å². The normalized spacial score (nSPS) is 11.6. The van der Waals surface area contributed by atoms with E-state index in [9.17, 15) is 13.2 Å². The number of hydrogen-bond acceptors (Lipinski definition) is 5. The SMILES string of the molecule is Cc1nc(-c2ccc(NC(=O)CN(C)S(=O)(=O)c3ccc(C)c(C)c3)cc2)co1. The number of rotatable bonds is 6. The van der Waals surface area contributed by atoms with Crippen molar-refractivity contribution in [3.05, 3.63) is 65.7 Å². The number of carbonyl (C=O) groups is 1. The van der Waals surface area contributed by atoms with E-state index in [4.69, 9.17) is 4.42 Å². The summed E-state index contributed by atoms with van der Waals surface area (Å²) in [5, 5.41) is 2.71. The zero-order valence-corrected chi connectivity index (χ0v) is 17.6. The van der Waals surface area contributed by atoms with Crippen molar-refractivity contribution in [2.24, 2.45) is 0 Å². The van der Waals surface area contributed by atoms with Gasteiger partial charge in [-0.25, -0.2) is 13.4 Å². The van der Waals surface area contributed by atoms with Gasteiger partial charge in [0.15, 0.2) is 5.89 Å². The summed E-state index contributed by atoms with van der Waals surface area (Å²) in [6.07, 6.45) is 1.57. The molecular formula is C21H23N3O4S. The molecule has 0 bridgehead atoms. The van der Waals surface area contributed by atoms with Gasteiger partial charge in [0.25, 0.3) is 0 Å². The number of aryl methyl sites for hydroxylation is 3. The Morgan fingerprint density at radius 2 is 1.76 bits per heavy atom. The molecule has 2 aromatic carbocycles. The summed E-state index contributed by atoms with van der Waals surface area (Å²) in [6, 6.07) is 12.0. The van der Waals surface area contributed by atoms with Gasteiger partial charge in [-0.2, -0.15) is 4.31 Å². The van der Waals surface area contributed by atoms with Gasteiger partial charge in [-0.3, -0.25) is 4.79 Å². The lowest BCUT2D eigenvalue weighted by atomic mass is 10.1. The molecule has 0 aliphatic heterocycles. The number of likely N-dealkylation sites (N-methyl/N-ethyl adjacent to an activating group) is 1. The van der Waals surface area contributed by atoms with E-state index in [0.29, 0.717) is 17.3 Å². The van der Waals surface area contributed by atoms with Crippen LogP contribution in [-0.2, 0) is 14.8 Å². The lowest BCUT2D eigenvalue weighted by Crippen LogP contribution is -2.35. The fraction of sp³-hybridized carbons (Fsp3) is 0.238. The highest BCUT2D eigenvalue weighted by atomic mass is 32.2. The molecule has 1 aromatic heterocycles. The van der Waals surface area contributed by atoms with E-state index >= 15 is 0 Å². The quantitative estimate of drug-likeness (QED) is 0.667. The molecule has 0 fully saturated rings. The zero-order valence-electron chi connectivity index (χ0n) is 16.8. The van der Waals surface area contributed by atoms with Crippen LogP contribution in [0.3, 0.4) is 0 Å². The molecule has 0 saturated carbocycles. The van der Waals surface area contributed by atoms with Gasteiger partial charge in [0.1, 0.15) is 12.0 Å². The molecule has 1 N–H and O–H groups in total. The molecule has 0 spiro atoms. The third kappa shape index (κ3) is 4.72. The van der Waals surface area contributed by atoms with Crippen LogP contribution in [-0.4, -0.2) is 37.2 Å². The smallest absolute Gasteiger partial charge is 0.243 e. The Morgan fingerprint density at radius 3 is 2.34 bits per heavy atom. The summed E-state index contributed by atoms with van der Waals surface area (Å²) < 4.78 is 31.7. The van der Waals surface area contributed by atoms with Crippen LogP contribution >= 0.6 is 0 Å². The van der Waals surface area contributed by atoms with Crippen LogP contribution < -0.4 is 5.32 Å². The molecule has 0 radical (unpaired) electrons. The first kappa shape index (κ1) is 20.8. The zero-order chi connectivity index (χ0) is 21.2. The van der Waals surface area contributed by atoms with E-state index < -0.39 is 15.9 Å². The predicted molar refractivity (Wildman–Crippen MR) is 111 cm³/mol. The summed E-state index contributed by atoms with van der Waals surface area (Å²) in [5.74, 6) is 0.148. The molecule has 0 aliphatic carbocycles. The molecule has 29 heavy (non-hydrogen) atoms. The first-order valence-electron chi connectivity index (χ1n) is 9.03. The van der Waals surface area contributed by atoms with Crippen molar-refractivity contribution in [2.75, 3.05) is 18.9 Å². The van der Waals surface area contributed by atoms with Crippen molar-refractivity contribution in [3.63, 3.8) is 0 Å². The van der Waals surface area contributed by atoms with Crippen molar-refractivity contribution >= 4 is 21.6 Å². The molecule has 7 nitrogen and oxygen atoms in total. The number of carbonyl (C=O) groups excluding carboxylic acids is 1. The van der Waals surface area contributed by atoms with Crippen molar-refractivity contribution in [3.8, 4) is 11.3 Å². The number of anilines is 1. The largest absolute Gasteiger partial charge is 0.449 e. The number of oxazole rings is 1. The number of nitrogens with zero attached hydrogens (tertiary/aromatic N) is 2. The van der Waals surface area contributed by atoms with Crippen molar-refractivity contribution in [2.45, 2.75) is 25.7 Å². The number of aromatic nitrogens is 1. The highest BCUT2D eigenvalue weighted by molar-refractivity contribution is 7.89. The van der Waals surface area contributed by atoms with Crippen LogP contribution in [0.25, 0.3) is 11.3 Å². The minimum atomic E-state index is -3.75. The van der Waals surface area contributed by atoms with Crippen molar-refractivity contribution in [1.82, 2.24) is 9.29 Å². The first-order chi connectivity index (χ1) is 13.7. The Morgan fingerprint density at radius 1 is 1.07 bits per heavy atom. The Hall–Kier alpha value is -2.97. The van der Waals surface area contributed by atoms with Gasteiger partial charge in [0, 0.05) is 25.2 Å². The van der Waals surface area contributed by atoms with Crippen molar-refractivity contribution < 1.29 is 17.6 Å². The van der Waals surface area contributed by atoms with Crippen molar-refractivity contribution in [1.29, 1.82) is 0 Å². The standard InChI is InChI=1S/C21H23N3O4S/c1-14-5-10-19(11-15(14)2)29(26,27)24(4)12-21(25)23-18-8-6-17(7-9-18)20-13-28-16(3)22-20/h5-11,13H,12H2,1-4H3,(H,23,25). The molecule has 8 heteroatoms. The molecule has 0 unspecified atom stereocenters. The third-order valence-electron chi connectivity index (χ3n) is 4.64. The second-order valence-electron chi connectivity index (χ2n) is 6.88. The maximum Gasteiger partial charge on any atom is 0.243 e. The maximum absolute atomic E-state index is 12.7. The Bertz CT molecular complexity index is 1130. The van der Waals surface area contributed by atoms with Crippen LogP contribution in [0.15, 0.2) is 58.0 Å². The van der Waals surface area contributed by atoms with Crippen LogP contribution in [0.2, 0.25) is 0 Å². The summed E-state index contributed by atoms with van der Waals surface area (Å²) in [6.45, 7) is 5.24.